The number of alkyl halides is 3. The number of nitrogens with zero attached hydrogens (tertiary/aromatic N) is 1. The molecule has 0 spiro atoms. The van der Waals surface area contributed by atoms with Crippen LogP contribution in [0.3, 0.4) is 0 Å². The van der Waals surface area contributed by atoms with Gasteiger partial charge in [-0.15, -0.1) is 0 Å². The summed E-state index contributed by atoms with van der Waals surface area (Å²) < 4.78 is 38.0. The molecular weight excluding hydrogens is 281 g/mol. The van der Waals surface area contributed by atoms with Crippen LogP contribution in [0.5, 0.6) is 0 Å². The Labute approximate surface area is 121 Å². The van der Waals surface area contributed by atoms with E-state index in [9.17, 15) is 18.0 Å². The summed E-state index contributed by atoms with van der Waals surface area (Å²) in [6, 6.07) is 4.64. The Morgan fingerprint density at radius 1 is 1.24 bits per heavy atom. The quantitative estimate of drug-likeness (QED) is 0.910. The zero-order valence-corrected chi connectivity index (χ0v) is 11.5. The van der Waals surface area contributed by atoms with Gasteiger partial charge in [0.25, 0.3) is 5.91 Å². The summed E-state index contributed by atoms with van der Waals surface area (Å²) in [5.74, 6) is 0.0320. The molecule has 1 aromatic carbocycles. The highest BCUT2D eigenvalue weighted by Gasteiger charge is 2.35. The van der Waals surface area contributed by atoms with Crippen LogP contribution in [0.15, 0.2) is 24.3 Å². The maximum absolute atomic E-state index is 12.7. The SMILES string of the molecule is O=C(N[C@@H]1CN2CCC1CC2)c1cccc(C(F)(F)F)c1. The normalized spacial score (nSPS) is 28.4. The molecule has 114 valence electrons. The van der Waals surface area contributed by atoms with Crippen molar-refractivity contribution in [2.45, 2.75) is 25.1 Å². The van der Waals surface area contributed by atoms with E-state index in [1.165, 1.54) is 12.1 Å². The van der Waals surface area contributed by atoms with Gasteiger partial charge in [0, 0.05) is 18.2 Å². The molecule has 1 atom stereocenters. The smallest absolute Gasteiger partial charge is 0.348 e. The van der Waals surface area contributed by atoms with E-state index in [-0.39, 0.29) is 11.6 Å². The molecule has 3 saturated heterocycles. The van der Waals surface area contributed by atoms with E-state index in [0.717, 1.165) is 44.6 Å². The van der Waals surface area contributed by atoms with Gasteiger partial charge in [0.15, 0.2) is 0 Å². The van der Waals surface area contributed by atoms with Crippen LogP contribution in [0.4, 0.5) is 13.2 Å². The summed E-state index contributed by atoms with van der Waals surface area (Å²) in [4.78, 5) is 14.5. The summed E-state index contributed by atoms with van der Waals surface area (Å²) in [5.41, 5.74) is -0.717. The van der Waals surface area contributed by atoms with Crippen molar-refractivity contribution in [3.8, 4) is 0 Å². The highest BCUT2D eigenvalue weighted by molar-refractivity contribution is 5.94. The van der Waals surface area contributed by atoms with Crippen LogP contribution in [0.1, 0.15) is 28.8 Å². The fourth-order valence-corrected chi connectivity index (χ4v) is 3.22. The second kappa shape index (κ2) is 5.33. The maximum atomic E-state index is 12.7. The number of amides is 1. The Hall–Kier alpha value is -1.56. The van der Waals surface area contributed by atoms with Gasteiger partial charge in [0.05, 0.1) is 5.56 Å². The number of carbonyl (C=O) groups is 1. The fraction of sp³-hybridized carbons (Fsp3) is 0.533. The maximum Gasteiger partial charge on any atom is 0.416 e. The molecule has 21 heavy (non-hydrogen) atoms. The van der Waals surface area contributed by atoms with Crippen molar-refractivity contribution in [2.24, 2.45) is 5.92 Å². The summed E-state index contributed by atoms with van der Waals surface area (Å²) in [6.45, 7) is 2.91. The first-order chi connectivity index (χ1) is 9.93. The van der Waals surface area contributed by atoms with E-state index >= 15 is 0 Å². The van der Waals surface area contributed by atoms with Crippen LogP contribution < -0.4 is 5.32 Å². The molecule has 2 bridgehead atoms. The Morgan fingerprint density at radius 2 is 1.95 bits per heavy atom. The van der Waals surface area contributed by atoms with Gasteiger partial charge in [-0.2, -0.15) is 13.2 Å². The lowest BCUT2D eigenvalue weighted by Gasteiger charge is -2.44. The van der Waals surface area contributed by atoms with Crippen LogP contribution >= 0.6 is 0 Å². The molecule has 0 radical (unpaired) electrons. The van der Waals surface area contributed by atoms with Crippen LogP contribution in [-0.2, 0) is 6.18 Å². The number of fused-ring (bicyclic) bond motifs is 3. The molecule has 1 amide bonds. The minimum absolute atomic E-state index is 0.0505. The van der Waals surface area contributed by atoms with Crippen molar-refractivity contribution in [3.05, 3.63) is 35.4 Å². The molecule has 6 heteroatoms. The topological polar surface area (TPSA) is 32.3 Å². The van der Waals surface area contributed by atoms with Crippen LogP contribution in [0, 0.1) is 5.92 Å². The Bertz CT molecular complexity index is 536. The summed E-state index contributed by atoms with van der Waals surface area (Å²) in [6.07, 6.45) is -2.33. The first-order valence-electron chi connectivity index (χ1n) is 7.14. The number of benzene rings is 1. The van der Waals surface area contributed by atoms with Crippen molar-refractivity contribution >= 4 is 5.91 Å². The first-order valence-corrected chi connectivity index (χ1v) is 7.14. The molecule has 3 heterocycles. The van der Waals surface area contributed by atoms with E-state index < -0.39 is 17.6 Å². The van der Waals surface area contributed by atoms with Gasteiger partial charge in [0.2, 0.25) is 0 Å². The lowest BCUT2D eigenvalue weighted by atomic mass is 9.84. The zero-order valence-electron chi connectivity index (χ0n) is 11.5. The summed E-state index contributed by atoms with van der Waals surface area (Å²) in [5, 5.41) is 2.90. The van der Waals surface area contributed by atoms with E-state index in [1.807, 2.05) is 0 Å². The lowest BCUT2D eigenvalue weighted by Crippen LogP contribution is -2.57. The van der Waals surface area contributed by atoms with Gasteiger partial charge in [0.1, 0.15) is 0 Å². The fourth-order valence-electron chi connectivity index (χ4n) is 3.22. The number of nitrogens with one attached hydrogen (secondary N) is 1. The Morgan fingerprint density at radius 3 is 2.52 bits per heavy atom. The minimum Gasteiger partial charge on any atom is -0.348 e. The average Bonchev–Trinajstić information content (AvgIpc) is 2.48. The number of hydrogen-bond donors (Lipinski definition) is 1. The molecule has 0 unspecified atom stereocenters. The molecule has 3 fully saturated rings. The highest BCUT2D eigenvalue weighted by Crippen LogP contribution is 2.30. The van der Waals surface area contributed by atoms with Gasteiger partial charge < -0.3 is 10.2 Å². The minimum atomic E-state index is -4.42. The largest absolute Gasteiger partial charge is 0.416 e. The van der Waals surface area contributed by atoms with Gasteiger partial charge in [-0.05, 0) is 50.0 Å². The van der Waals surface area contributed by atoms with E-state index in [2.05, 4.69) is 10.2 Å². The number of piperidine rings is 3. The molecule has 4 rings (SSSR count). The lowest BCUT2D eigenvalue weighted by molar-refractivity contribution is -0.137. The Balaban J connectivity index is 1.71. The first kappa shape index (κ1) is 14.4. The molecule has 3 nitrogen and oxygen atoms in total. The Kier molecular flexibility index (Phi) is 3.65. The van der Waals surface area contributed by atoms with Gasteiger partial charge >= 0.3 is 6.18 Å². The monoisotopic (exact) mass is 298 g/mol. The molecule has 3 aliphatic rings. The predicted molar refractivity (Wildman–Crippen MR) is 71.9 cm³/mol. The van der Waals surface area contributed by atoms with E-state index in [0.29, 0.717) is 5.92 Å². The molecule has 0 aromatic heterocycles. The van der Waals surface area contributed by atoms with Crippen molar-refractivity contribution in [3.63, 3.8) is 0 Å². The number of carbonyl (C=O) groups excluding carboxylic acids is 1. The molecule has 1 N–H and O–H groups in total. The molecule has 0 saturated carbocycles. The predicted octanol–water partition coefficient (Wildman–Crippen LogP) is 2.53. The third kappa shape index (κ3) is 3.05. The summed E-state index contributed by atoms with van der Waals surface area (Å²) >= 11 is 0. The number of halogens is 3. The van der Waals surface area contributed by atoms with E-state index in [4.69, 9.17) is 0 Å². The molecule has 1 aromatic rings. The molecule has 3 aliphatic heterocycles. The summed E-state index contributed by atoms with van der Waals surface area (Å²) in [7, 11) is 0. The number of hydrogen-bond acceptors (Lipinski definition) is 2. The van der Waals surface area contributed by atoms with Gasteiger partial charge in [-0.3, -0.25) is 4.79 Å². The third-order valence-corrected chi connectivity index (χ3v) is 4.42. The van der Waals surface area contributed by atoms with Crippen molar-refractivity contribution in [1.29, 1.82) is 0 Å². The van der Waals surface area contributed by atoms with Crippen LogP contribution in [-0.4, -0.2) is 36.5 Å². The van der Waals surface area contributed by atoms with Crippen molar-refractivity contribution in [2.75, 3.05) is 19.6 Å². The molecular formula is C15H17F3N2O. The second-order valence-corrected chi connectivity index (χ2v) is 5.80. The van der Waals surface area contributed by atoms with Gasteiger partial charge in [-0.25, -0.2) is 0 Å². The van der Waals surface area contributed by atoms with Crippen molar-refractivity contribution in [1.82, 2.24) is 10.2 Å². The zero-order chi connectivity index (χ0) is 15.0. The molecule has 0 aliphatic carbocycles. The van der Waals surface area contributed by atoms with Crippen LogP contribution in [0.2, 0.25) is 0 Å². The number of rotatable bonds is 2. The second-order valence-electron chi connectivity index (χ2n) is 5.80. The average molecular weight is 298 g/mol. The van der Waals surface area contributed by atoms with Crippen molar-refractivity contribution < 1.29 is 18.0 Å². The van der Waals surface area contributed by atoms with E-state index in [1.54, 1.807) is 0 Å². The van der Waals surface area contributed by atoms with Crippen LogP contribution in [0.25, 0.3) is 0 Å². The van der Waals surface area contributed by atoms with Gasteiger partial charge in [-0.1, -0.05) is 6.07 Å². The highest BCUT2D eigenvalue weighted by atomic mass is 19.4. The standard InChI is InChI=1S/C15H17F3N2O/c16-15(17,18)12-3-1-2-11(8-12)14(21)19-13-9-20-6-4-10(13)5-7-20/h1-3,8,10,13H,4-7,9H2,(H,19,21)/t13-/m1/s1. The third-order valence-electron chi connectivity index (χ3n) is 4.42.